The van der Waals surface area contributed by atoms with Crippen LogP contribution in [0.1, 0.15) is 57.9 Å². The van der Waals surface area contributed by atoms with Crippen LogP contribution in [0.4, 0.5) is 0 Å². The van der Waals surface area contributed by atoms with Crippen molar-refractivity contribution >= 4 is 11.9 Å². The Labute approximate surface area is 151 Å². The van der Waals surface area contributed by atoms with Crippen LogP contribution in [-0.4, -0.2) is 31.3 Å². The molecule has 0 radical (unpaired) electrons. The number of benzene rings is 1. The van der Waals surface area contributed by atoms with Gasteiger partial charge in [0.25, 0.3) is 0 Å². The van der Waals surface area contributed by atoms with Crippen molar-refractivity contribution in [3.63, 3.8) is 0 Å². The van der Waals surface area contributed by atoms with Crippen molar-refractivity contribution in [2.24, 2.45) is 0 Å². The smallest absolute Gasteiger partial charge is 0.326 e. The third kappa shape index (κ3) is 9.25. The molecule has 0 bridgehead atoms. The predicted molar refractivity (Wildman–Crippen MR) is 98.0 cm³/mol. The highest BCUT2D eigenvalue weighted by Crippen LogP contribution is 2.09. The number of unbranched alkanes of at least 4 members (excludes halogenated alkanes) is 4. The molecule has 0 fully saturated rings. The number of carbonyl (C=O) groups is 2. The van der Waals surface area contributed by atoms with Crippen LogP contribution >= 0.6 is 0 Å². The Balaban J connectivity index is 2.32. The molecule has 0 saturated heterocycles. The summed E-state index contributed by atoms with van der Waals surface area (Å²) in [5, 5.41) is 2.95. The molecule has 0 aliphatic rings. The first-order chi connectivity index (χ1) is 12.1. The van der Waals surface area contributed by atoms with Gasteiger partial charge in [-0.3, -0.25) is 9.59 Å². The lowest BCUT2D eigenvalue weighted by Crippen LogP contribution is -2.39. The molecular formula is C20H31NO4. The van der Waals surface area contributed by atoms with E-state index in [1.54, 1.807) is 14.0 Å². The molecule has 1 rings (SSSR count). The highest BCUT2D eigenvalue weighted by molar-refractivity contribution is 5.76. The van der Waals surface area contributed by atoms with E-state index in [0.717, 1.165) is 24.8 Å². The van der Waals surface area contributed by atoms with E-state index in [4.69, 9.17) is 9.47 Å². The van der Waals surface area contributed by atoms with Crippen LogP contribution in [0.25, 0.3) is 0 Å². The van der Waals surface area contributed by atoms with E-state index < -0.39 is 18.3 Å². The van der Waals surface area contributed by atoms with E-state index in [9.17, 15) is 9.59 Å². The van der Waals surface area contributed by atoms with Crippen molar-refractivity contribution < 1.29 is 19.1 Å². The average molecular weight is 349 g/mol. The predicted octanol–water partition coefficient (Wildman–Crippen LogP) is 3.61. The summed E-state index contributed by atoms with van der Waals surface area (Å²) in [6, 6.07) is 9.23. The second kappa shape index (κ2) is 12.5. The molecule has 140 valence electrons. The van der Waals surface area contributed by atoms with Gasteiger partial charge in [0.15, 0.2) is 0 Å². The maximum Gasteiger partial charge on any atom is 0.326 e. The number of esters is 2. The first kappa shape index (κ1) is 21.2. The molecule has 5 heteroatoms. The lowest BCUT2D eigenvalue weighted by atomic mass is 10.1. The van der Waals surface area contributed by atoms with Crippen molar-refractivity contribution in [3.05, 3.63) is 35.9 Å². The van der Waals surface area contributed by atoms with Gasteiger partial charge in [0.2, 0.25) is 6.29 Å². The standard InChI is InChI=1S/C20H31NO4/c1-4-5-6-7-11-14-19(22)24-16(2)25-20(23)18(21-3)15-17-12-9-8-10-13-17/h8-10,12-13,16,18,21H,4-7,11,14-15H2,1-3H3. The summed E-state index contributed by atoms with van der Waals surface area (Å²) in [5.41, 5.74) is 1.04. The molecule has 0 amide bonds. The molecule has 0 heterocycles. The van der Waals surface area contributed by atoms with Gasteiger partial charge in [0.05, 0.1) is 0 Å². The Hall–Kier alpha value is -1.88. The number of hydrogen-bond donors (Lipinski definition) is 1. The maximum atomic E-state index is 12.2. The fraction of sp³-hybridized carbons (Fsp3) is 0.600. The van der Waals surface area contributed by atoms with Gasteiger partial charge in [-0.2, -0.15) is 0 Å². The summed E-state index contributed by atoms with van der Waals surface area (Å²) in [5.74, 6) is -0.740. The van der Waals surface area contributed by atoms with E-state index in [-0.39, 0.29) is 5.97 Å². The SMILES string of the molecule is CCCCCCCC(=O)OC(C)OC(=O)C(Cc1ccccc1)NC. The molecule has 0 saturated carbocycles. The van der Waals surface area contributed by atoms with Crippen molar-refractivity contribution in [1.29, 1.82) is 0 Å². The van der Waals surface area contributed by atoms with E-state index in [1.165, 1.54) is 12.8 Å². The van der Waals surface area contributed by atoms with Crippen LogP contribution in [-0.2, 0) is 25.5 Å². The van der Waals surface area contributed by atoms with E-state index >= 15 is 0 Å². The summed E-state index contributed by atoms with van der Waals surface area (Å²) < 4.78 is 10.4. The number of likely N-dealkylation sites (N-methyl/N-ethyl adjacent to an activating group) is 1. The molecule has 1 aromatic rings. The highest BCUT2D eigenvalue weighted by atomic mass is 16.7. The van der Waals surface area contributed by atoms with Crippen LogP contribution in [0.5, 0.6) is 0 Å². The first-order valence-corrected chi connectivity index (χ1v) is 9.18. The molecule has 1 aromatic carbocycles. The van der Waals surface area contributed by atoms with Crippen LogP contribution in [0.3, 0.4) is 0 Å². The zero-order valence-corrected chi connectivity index (χ0v) is 15.6. The quantitative estimate of drug-likeness (QED) is 0.355. The number of rotatable bonds is 12. The van der Waals surface area contributed by atoms with Gasteiger partial charge < -0.3 is 14.8 Å². The summed E-state index contributed by atoms with van der Waals surface area (Å²) in [6.07, 6.45) is 5.35. The second-order valence-electron chi connectivity index (χ2n) is 6.19. The molecule has 0 spiro atoms. The Morgan fingerprint density at radius 1 is 1.04 bits per heavy atom. The minimum Gasteiger partial charge on any atom is -0.425 e. The van der Waals surface area contributed by atoms with E-state index in [0.29, 0.717) is 12.8 Å². The fourth-order valence-electron chi connectivity index (χ4n) is 2.54. The van der Waals surface area contributed by atoms with Crippen molar-refractivity contribution in [2.45, 2.75) is 71.1 Å². The van der Waals surface area contributed by atoms with Crippen LogP contribution in [0.15, 0.2) is 30.3 Å². The monoisotopic (exact) mass is 349 g/mol. The topological polar surface area (TPSA) is 64.6 Å². The maximum absolute atomic E-state index is 12.2. The lowest BCUT2D eigenvalue weighted by Gasteiger charge is -2.19. The van der Waals surface area contributed by atoms with E-state index in [2.05, 4.69) is 12.2 Å². The zero-order valence-electron chi connectivity index (χ0n) is 15.6. The lowest BCUT2D eigenvalue weighted by molar-refractivity contribution is -0.185. The first-order valence-electron chi connectivity index (χ1n) is 9.18. The average Bonchev–Trinajstić information content (AvgIpc) is 2.60. The molecule has 0 aromatic heterocycles. The van der Waals surface area contributed by atoms with Gasteiger partial charge in [-0.15, -0.1) is 0 Å². The molecule has 5 nitrogen and oxygen atoms in total. The molecule has 0 aliphatic carbocycles. The largest absolute Gasteiger partial charge is 0.425 e. The van der Waals surface area contributed by atoms with Crippen LogP contribution < -0.4 is 5.32 Å². The third-order valence-corrected chi connectivity index (χ3v) is 3.98. The summed E-state index contributed by atoms with van der Waals surface area (Å²) in [4.78, 5) is 24.0. The third-order valence-electron chi connectivity index (χ3n) is 3.98. The highest BCUT2D eigenvalue weighted by Gasteiger charge is 2.22. The van der Waals surface area contributed by atoms with Crippen molar-refractivity contribution in [3.8, 4) is 0 Å². The molecule has 0 aliphatic heterocycles. The second-order valence-corrected chi connectivity index (χ2v) is 6.19. The molecular weight excluding hydrogens is 318 g/mol. The fourth-order valence-corrected chi connectivity index (χ4v) is 2.54. The number of nitrogens with one attached hydrogen (secondary N) is 1. The van der Waals surface area contributed by atoms with Crippen molar-refractivity contribution in [2.75, 3.05) is 7.05 Å². The molecule has 25 heavy (non-hydrogen) atoms. The Bertz CT molecular complexity index is 504. The Morgan fingerprint density at radius 3 is 2.36 bits per heavy atom. The van der Waals surface area contributed by atoms with Crippen LogP contribution in [0.2, 0.25) is 0 Å². The van der Waals surface area contributed by atoms with Gasteiger partial charge >= 0.3 is 11.9 Å². The number of ether oxygens (including phenoxy) is 2. The molecule has 2 unspecified atom stereocenters. The summed E-state index contributed by atoms with van der Waals surface area (Å²) in [7, 11) is 1.71. The minimum absolute atomic E-state index is 0.319. The van der Waals surface area contributed by atoms with Gasteiger partial charge in [-0.1, -0.05) is 62.9 Å². The van der Waals surface area contributed by atoms with Crippen LogP contribution in [0, 0.1) is 0 Å². The molecule has 1 N–H and O–H groups in total. The number of carbonyl (C=O) groups excluding carboxylic acids is 2. The van der Waals surface area contributed by atoms with Gasteiger partial charge in [-0.05, 0) is 25.5 Å². The van der Waals surface area contributed by atoms with Crippen molar-refractivity contribution in [1.82, 2.24) is 5.32 Å². The van der Waals surface area contributed by atoms with Gasteiger partial charge in [-0.25, -0.2) is 0 Å². The van der Waals surface area contributed by atoms with Gasteiger partial charge in [0.1, 0.15) is 6.04 Å². The normalized spacial score (nSPS) is 13.1. The minimum atomic E-state index is -0.873. The summed E-state index contributed by atoms with van der Waals surface area (Å²) >= 11 is 0. The van der Waals surface area contributed by atoms with E-state index in [1.807, 2.05) is 30.3 Å². The number of hydrogen-bond acceptors (Lipinski definition) is 5. The van der Waals surface area contributed by atoms with Gasteiger partial charge in [0, 0.05) is 13.3 Å². The Kier molecular flexibility index (Phi) is 10.6. The molecule has 2 atom stereocenters. The Morgan fingerprint density at radius 2 is 1.72 bits per heavy atom. The zero-order chi connectivity index (χ0) is 18.5. The summed E-state index contributed by atoms with van der Waals surface area (Å²) in [6.45, 7) is 3.72.